The van der Waals surface area contributed by atoms with Gasteiger partial charge in [0.1, 0.15) is 0 Å². The van der Waals surface area contributed by atoms with E-state index in [1.165, 1.54) is 4.90 Å². The van der Waals surface area contributed by atoms with Crippen molar-refractivity contribution in [2.45, 2.75) is 4.90 Å². The third-order valence-electron chi connectivity index (χ3n) is 4.10. The van der Waals surface area contributed by atoms with Gasteiger partial charge in [-0.25, -0.2) is 0 Å². The molecule has 120 valence electrons. The van der Waals surface area contributed by atoms with Gasteiger partial charge in [0.15, 0.2) is 0 Å². The second kappa shape index (κ2) is 7.28. The number of halogens is 1. The topological polar surface area (TPSA) is 23.6 Å². The summed E-state index contributed by atoms with van der Waals surface area (Å²) in [5.41, 5.74) is 1.81. The van der Waals surface area contributed by atoms with Crippen LogP contribution in [0.4, 0.5) is 5.69 Å². The van der Waals surface area contributed by atoms with Crippen LogP contribution in [0.3, 0.4) is 0 Å². The van der Waals surface area contributed by atoms with Gasteiger partial charge in [0.2, 0.25) is 0 Å². The number of carbonyl (C=O) groups excluding carboxylic acids is 1. The lowest BCUT2D eigenvalue weighted by atomic mass is 10.1. The highest BCUT2D eigenvalue weighted by atomic mass is 35.5. The molecule has 1 amide bonds. The molecule has 0 saturated carbocycles. The molecule has 2 aromatic carbocycles. The fourth-order valence-electron chi connectivity index (χ4n) is 2.77. The van der Waals surface area contributed by atoms with E-state index in [9.17, 15) is 4.79 Å². The molecule has 0 spiro atoms. The van der Waals surface area contributed by atoms with Gasteiger partial charge in [0.05, 0.1) is 10.7 Å². The number of amides is 1. The van der Waals surface area contributed by atoms with Crippen LogP contribution >= 0.6 is 23.4 Å². The number of benzene rings is 2. The largest absolute Gasteiger partial charge is 0.367 e. The van der Waals surface area contributed by atoms with Gasteiger partial charge in [0, 0.05) is 36.6 Å². The molecule has 0 N–H and O–H groups in total. The molecule has 1 aliphatic heterocycles. The van der Waals surface area contributed by atoms with Gasteiger partial charge in [-0.15, -0.1) is 11.8 Å². The van der Waals surface area contributed by atoms with Crippen molar-refractivity contribution < 1.29 is 4.79 Å². The zero-order chi connectivity index (χ0) is 16.2. The average Bonchev–Trinajstić information content (AvgIpc) is 2.62. The highest BCUT2D eigenvalue weighted by Gasteiger charge is 2.23. The van der Waals surface area contributed by atoms with E-state index in [0.717, 1.165) is 29.4 Å². The van der Waals surface area contributed by atoms with Crippen LogP contribution in [0.1, 0.15) is 10.4 Å². The van der Waals surface area contributed by atoms with E-state index < -0.39 is 0 Å². The lowest BCUT2D eigenvalue weighted by molar-refractivity contribution is 0.0746. The van der Waals surface area contributed by atoms with Gasteiger partial charge < -0.3 is 9.80 Å². The van der Waals surface area contributed by atoms with E-state index in [0.29, 0.717) is 13.1 Å². The fourth-order valence-corrected chi connectivity index (χ4v) is 3.44. The number of carbonyl (C=O) groups is 1. The molecule has 0 bridgehead atoms. The van der Waals surface area contributed by atoms with Gasteiger partial charge in [-0.05, 0) is 42.7 Å². The number of hydrogen-bond donors (Lipinski definition) is 0. The Morgan fingerprint density at radius 2 is 1.65 bits per heavy atom. The van der Waals surface area contributed by atoms with E-state index in [4.69, 9.17) is 11.6 Å². The van der Waals surface area contributed by atoms with Crippen molar-refractivity contribution in [1.82, 2.24) is 4.90 Å². The zero-order valence-electron chi connectivity index (χ0n) is 13.0. The second-order valence-corrected chi connectivity index (χ2v) is 6.75. The number of nitrogens with zero attached hydrogens (tertiary/aromatic N) is 2. The number of piperazine rings is 1. The maximum absolute atomic E-state index is 12.6. The van der Waals surface area contributed by atoms with Gasteiger partial charge in [-0.1, -0.05) is 23.7 Å². The molecule has 1 aliphatic rings. The second-order valence-electron chi connectivity index (χ2n) is 5.46. The van der Waals surface area contributed by atoms with Gasteiger partial charge in [-0.3, -0.25) is 4.79 Å². The summed E-state index contributed by atoms with van der Waals surface area (Å²) in [5.74, 6) is 0.108. The summed E-state index contributed by atoms with van der Waals surface area (Å²) in [6.45, 7) is 3.04. The monoisotopic (exact) mass is 346 g/mol. The summed E-state index contributed by atoms with van der Waals surface area (Å²) in [4.78, 5) is 17.9. The first-order valence-corrected chi connectivity index (χ1v) is 9.22. The highest BCUT2D eigenvalue weighted by Crippen LogP contribution is 2.26. The summed E-state index contributed by atoms with van der Waals surface area (Å²) < 4.78 is 0. The maximum atomic E-state index is 12.6. The van der Waals surface area contributed by atoms with Crippen molar-refractivity contribution in [3.05, 3.63) is 59.1 Å². The lowest BCUT2D eigenvalue weighted by Crippen LogP contribution is -2.48. The van der Waals surface area contributed by atoms with Crippen LogP contribution in [0.5, 0.6) is 0 Å². The van der Waals surface area contributed by atoms with Crippen LogP contribution in [0.25, 0.3) is 0 Å². The first-order chi connectivity index (χ1) is 11.2. The summed E-state index contributed by atoms with van der Waals surface area (Å²) in [5, 5.41) is 0.764. The molecule has 23 heavy (non-hydrogen) atoms. The molecule has 1 fully saturated rings. The van der Waals surface area contributed by atoms with Crippen molar-refractivity contribution in [3.63, 3.8) is 0 Å². The van der Waals surface area contributed by atoms with E-state index in [1.54, 1.807) is 11.8 Å². The molecule has 0 unspecified atom stereocenters. The predicted molar refractivity (Wildman–Crippen MR) is 97.8 cm³/mol. The van der Waals surface area contributed by atoms with Crippen LogP contribution < -0.4 is 4.90 Å². The quantitative estimate of drug-likeness (QED) is 0.784. The number of rotatable bonds is 3. The van der Waals surface area contributed by atoms with Crippen molar-refractivity contribution in [2.75, 3.05) is 37.3 Å². The minimum absolute atomic E-state index is 0.108. The summed E-state index contributed by atoms with van der Waals surface area (Å²) in [7, 11) is 0. The van der Waals surface area contributed by atoms with Gasteiger partial charge >= 0.3 is 0 Å². The molecule has 0 radical (unpaired) electrons. The van der Waals surface area contributed by atoms with E-state index in [-0.39, 0.29) is 5.91 Å². The summed E-state index contributed by atoms with van der Waals surface area (Å²) >= 11 is 7.94. The van der Waals surface area contributed by atoms with Crippen LogP contribution in [-0.4, -0.2) is 43.2 Å². The minimum Gasteiger partial charge on any atom is -0.367 e. The standard InChI is InChI=1S/C18H19ClN2OS/c1-23-15-8-6-14(7-9-15)18(22)21-12-10-20(11-13-21)17-5-3-2-4-16(17)19/h2-9H,10-13H2,1H3. The Morgan fingerprint density at radius 3 is 2.26 bits per heavy atom. The molecule has 1 saturated heterocycles. The van der Waals surface area contributed by atoms with Crippen molar-refractivity contribution in [2.24, 2.45) is 0 Å². The summed E-state index contributed by atoms with van der Waals surface area (Å²) in [6.07, 6.45) is 2.03. The van der Waals surface area contributed by atoms with Gasteiger partial charge in [-0.2, -0.15) is 0 Å². The fraction of sp³-hybridized carbons (Fsp3) is 0.278. The molecule has 1 heterocycles. The average molecular weight is 347 g/mol. The van der Waals surface area contributed by atoms with Crippen LogP contribution in [-0.2, 0) is 0 Å². The first-order valence-electron chi connectivity index (χ1n) is 7.62. The molecule has 0 aliphatic carbocycles. The first kappa shape index (κ1) is 16.2. The Kier molecular flexibility index (Phi) is 5.13. The van der Waals surface area contributed by atoms with Crippen LogP contribution in [0.2, 0.25) is 5.02 Å². The molecular formula is C18H19ClN2OS. The Bertz CT molecular complexity index is 682. The molecular weight excluding hydrogens is 328 g/mol. The summed E-state index contributed by atoms with van der Waals surface area (Å²) in [6, 6.07) is 15.7. The molecule has 5 heteroatoms. The Balaban J connectivity index is 1.64. The number of thioether (sulfide) groups is 1. The van der Waals surface area contributed by atoms with Crippen molar-refractivity contribution in [3.8, 4) is 0 Å². The smallest absolute Gasteiger partial charge is 0.253 e. The zero-order valence-corrected chi connectivity index (χ0v) is 14.6. The minimum atomic E-state index is 0.108. The van der Waals surface area contributed by atoms with Gasteiger partial charge in [0.25, 0.3) is 5.91 Å². The van der Waals surface area contributed by atoms with E-state index in [2.05, 4.69) is 4.90 Å². The number of hydrogen-bond acceptors (Lipinski definition) is 3. The van der Waals surface area contributed by atoms with Crippen LogP contribution in [0, 0.1) is 0 Å². The van der Waals surface area contributed by atoms with Crippen LogP contribution in [0.15, 0.2) is 53.4 Å². The predicted octanol–water partition coefficient (Wildman–Crippen LogP) is 4.02. The van der Waals surface area contributed by atoms with Crippen molar-refractivity contribution >= 4 is 35.0 Å². The normalized spacial score (nSPS) is 14.9. The third kappa shape index (κ3) is 3.65. The van der Waals surface area contributed by atoms with Crippen molar-refractivity contribution in [1.29, 1.82) is 0 Å². The Labute approximate surface area is 146 Å². The molecule has 2 aromatic rings. The molecule has 0 aromatic heterocycles. The SMILES string of the molecule is CSc1ccc(C(=O)N2CCN(c3ccccc3Cl)CC2)cc1. The van der Waals surface area contributed by atoms with E-state index >= 15 is 0 Å². The number of para-hydroxylation sites is 1. The molecule has 0 atom stereocenters. The molecule has 3 nitrogen and oxygen atoms in total. The molecule has 3 rings (SSSR count). The third-order valence-corrected chi connectivity index (χ3v) is 5.16. The Hall–Kier alpha value is -1.65. The highest BCUT2D eigenvalue weighted by molar-refractivity contribution is 7.98. The lowest BCUT2D eigenvalue weighted by Gasteiger charge is -2.36. The number of anilines is 1. The maximum Gasteiger partial charge on any atom is 0.253 e. The van der Waals surface area contributed by atoms with E-state index in [1.807, 2.05) is 59.7 Å². The Morgan fingerprint density at radius 1 is 1.00 bits per heavy atom.